The average Bonchev–Trinajstić information content (AvgIpc) is 3.02. The van der Waals surface area contributed by atoms with Crippen LogP contribution in [0.25, 0.3) is 11.0 Å². The summed E-state index contributed by atoms with van der Waals surface area (Å²) in [6.45, 7) is 4.71. The molecule has 5 nitrogen and oxygen atoms in total. The van der Waals surface area contributed by atoms with Crippen LogP contribution in [0.3, 0.4) is 0 Å². The first-order valence-electron chi connectivity index (χ1n) is 7.87. The van der Waals surface area contributed by atoms with Gasteiger partial charge in [0.1, 0.15) is 11.5 Å². The fourth-order valence-corrected chi connectivity index (χ4v) is 3.19. The third-order valence-corrected chi connectivity index (χ3v) is 4.48. The molecule has 0 saturated carbocycles. The van der Waals surface area contributed by atoms with E-state index in [4.69, 9.17) is 14.0 Å². The lowest BCUT2D eigenvalue weighted by Gasteiger charge is -2.10. The van der Waals surface area contributed by atoms with Gasteiger partial charge >= 0.3 is 0 Å². The molecule has 24 heavy (non-hydrogen) atoms. The molecule has 6 heteroatoms. The average molecular weight is 344 g/mol. The first-order valence-corrected chi connectivity index (χ1v) is 8.68. The molecule has 3 aromatic rings. The number of rotatable bonds is 7. The van der Waals surface area contributed by atoms with Crippen molar-refractivity contribution in [2.45, 2.75) is 25.2 Å². The summed E-state index contributed by atoms with van der Waals surface area (Å²) in [6, 6.07) is 11.8. The van der Waals surface area contributed by atoms with Crippen molar-refractivity contribution in [1.29, 1.82) is 0 Å². The first kappa shape index (κ1) is 16.5. The Bertz CT molecular complexity index is 832. The van der Waals surface area contributed by atoms with E-state index in [1.165, 1.54) is 17.5 Å². The van der Waals surface area contributed by atoms with E-state index >= 15 is 0 Å². The minimum absolute atomic E-state index is 0.620. The number of anilines is 1. The smallest absolute Gasteiger partial charge is 0.187 e. The van der Waals surface area contributed by atoms with Gasteiger partial charge in [-0.2, -0.15) is 0 Å². The summed E-state index contributed by atoms with van der Waals surface area (Å²) in [5.74, 6) is 2.29. The number of aromatic nitrogens is 1. The lowest BCUT2D eigenvalue weighted by molar-refractivity contribution is 0.340. The molecule has 0 spiro atoms. The van der Waals surface area contributed by atoms with Crippen molar-refractivity contribution in [1.82, 2.24) is 5.16 Å². The van der Waals surface area contributed by atoms with Crippen molar-refractivity contribution in [2.24, 2.45) is 0 Å². The van der Waals surface area contributed by atoms with Crippen LogP contribution in [0.5, 0.6) is 11.5 Å². The Kier molecular flexibility index (Phi) is 5.15. The van der Waals surface area contributed by atoms with Crippen LogP contribution in [0.1, 0.15) is 19.4 Å². The summed E-state index contributed by atoms with van der Waals surface area (Å²) in [6.07, 6.45) is 0.974. The van der Waals surface area contributed by atoms with Gasteiger partial charge < -0.3 is 18.7 Å². The van der Waals surface area contributed by atoms with Crippen molar-refractivity contribution in [3.05, 3.63) is 42.0 Å². The van der Waals surface area contributed by atoms with Crippen LogP contribution in [0.4, 0.5) is 5.82 Å². The topological polar surface area (TPSA) is 56.5 Å². The Balaban J connectivity index is 1.84. The molecule has 1 heterocycles. The highest BCUT2D eigenvalue weighted by Gasteiger charge is 2.11. The highest BCUT2D eigenvalue weighted by atomic mass is 32.2. The van der Waals surface area contributed by atoms with Crippen LogP contribution in [0, 0.1) is 0 Å². The molecule has 1 N–H and O–H groups in total. The molecule has 0 amide bonds. The quantitative estimate of drug-likeness (QED) is 0.614. The molecule has 0 aliphatic rings. The largest absolute Gasteiger partial charge is 0.496 e. The SMILES string of the molecule is CCOc1ccc2onc(NSc3cc(CC)ccc3OC)c2c1. The van der Waals surface area contributed by atoms with Crippen molar-refractivity contribution >= 4 is 28.7 Å². The van der Waals surface area contributed by atoms with E-state index in [-0.39, 0.29) is 0 Å². The predicted octanol–water partition coefficient (Wildman–Crippen LogP) is 4.92. The standard InChI is InChI=1S/C18H20N2O3S/c1-4-12-6-8-16(21-3)17(10-12)24-20-18-14-11-13(22-5-2)7-9-15(14)23-19-18/h6-11H,4-5H2,1-3H3,(H,19,20). The predicted molar refractivity (Wildman–Crippen MR) is 97.0 cm³/mol. The minimum atomic E-state index is 0.620. The number of aryl methyl sites for hydroxylation is 1. The highest BCUT2D eigenvalue weighted by Crippen LogP contribution is 2.34. The number of benzene rings is 2. The van der Waals surface area contributed by atoms with Gasteiger partial charge in [0.05, 0.1) is 24.0 Å². The highest BCUT2D eigenvalue weighted by molar-refractivity contribution is 8.00. The molecule has 0 fully saturated rings. The molecule has 1 aromatic heterocycles. The van der Waals surface area contributed by atoms with Crippen molar-refractivity contribution < 1.29 is 14.0 Å². The van der Waals surface area contributed by atoms with Crippen LogP contribution >= 0.6 is 11.9 Å². The molecule has 126 valence electrons. The normalized spacial score (nSPS) is 10.8. The Morgan fingerprint density at radius 1 is 1.17 bits per heavy atom. The molecule has 3 rings (SSSR count). The molecular formula is C18H20N2O3S. The maximum Gasteiger partial charge on any atom is 0.187 e. The van der Waals surface area contributed by atoms with Crippen LogP contribution in [-0.2, 0) is 6.42 Å². The first-order chi connectivity index (χ1) is 11.7. The van der Waals surface area contributed by atoms with E-state index in [1.54, 1.807) is 7.11 Å². The molecule has 0 aliphatic carbocycles. The van der Waals surface area contributed by atoms with Crippen molar-refractivity contribution in [3.8, 4) is 11.5 Å². The van der Waals surface area contributed by atoms with E-state index < -0.39 is 0 Å². The molecule has 0 aliphatic heterocycles. The fraction of sp³-hybridized carbons (Fsp3) is 0.278. The van der Waals surface area contributed by atoms with Crippen LogP contribution in [0.2, 0.25) is 0 Å². The van der Waals surface area contributed by atoms with Crippen LogP contribution in [0.15, 0.2) is 45.8 Å². The number of hydrogen-bond donors (Lipinski definition) is 1. The third kappa shape index (κ3) is 3.43. The summed E-state index contributed by atoms with van der Waals surface area (Å²) in [5.41, 5.74) is 1.97. The van der Waals surface area contributed by atoms with Crippen molar-refractivity contribution in [2.75, 3.05) is 18.4 Å². The second-order valence-electron chi connectivity index (χ2n) is 5.17. The summed E-state index contributed by atoms with van der Waals surface area (Å²) >= 11 is 1.45. The number of methoxy groups -OCH3 is 1. The third-order valence-electron chi connectivity index (χ3n) is 3.65. The lowest BCUT2D eigenvalue weighted by Crippen LogP contribution is -1.93. The zero-order valence-electron chi connectivity index (χ0n) is 14.0. The maximum absolute atomic E-state index is 5.54. The molecule has 0 atom stereocenters. The summed E-state index contributed by atoms with van der Waals surface area (Å²) < 4.78 is 19.6. The Labute approximate surface area is 145 Å². The van der Waals surface area contributed by atoms with E-state index in [0.717, 1.165) is 33.8 Å². The Morgan fingerprint density at radius 3 is 2.79 bits per heavy atom. The molecule has 2 aromatic carbocycles. The monoisotopic (exact) mass is 344 g/mol. The van der Waals surface area contributed by atoms with E-state index in [0.29, 0.717) is 12.4 Å². The number of fused-ring (bicyclic) bond motifs is 1. The Morgan fingerprint density at radius 2 is 2.04 bits per heavy atom. The van der Waals surface area contributed by atoms with Crippen LogP contribution < -0.4 is 14.2 Å². The van der Waals surface area contributed by atoms with Crippen LogP contribution in [-0.4, -0.2) is 18.9 Å². The summed E-state index contributed by atoms with van der Waals surface area (Å²) in [7, 11) is 1.67. The second-order valence-corrected chi connectivity index (χ2v) is 6.01. The maximum atomic E-state index is 5.54. The van der Waals surface area contributed by atoms with Gasteiger partial charge in [0.2, 0.25) is 0 Å². The van der Waals surface area contributed by atoms with Gasteiger partial charge in [0.25, 0.3) is 0 Å². The molecular weight excluding hydrogens is 324 g/mol. The Hall–Kier alpha value is -2.34. The van der Waals surface area contributed by atoms with E-state index in [1.807, 2.05) is 31.2 Å². The van der Waals surface area contributed by atoms with Gasteiger partial charge in [-0.05, 0) is 61.2 Å². The van der Waals surface area contributed by atoms with Gasteiger partial charge in [-0.25, -0.2) is 0 Å². The number of nitrogens with zero attached hydrogens (tertiary/aromatic N) is 1. The van der Waals surface area contributed by atoms with Gasteiger partial charge in [0, 0.05) is 0 Å². The number of hydrogen-bond acceptors (Lipinski definition) is 6. The second kappa shape index (κ2) is 7.49. The molecule has 0 bridgehead atoms. The summed E-state index contributed by atoms with van der Waals surface area (Å²) in [5, 5.41) is 4.99. The van der Waals surface area contributed by atoms with Gasteiger partial charge in [-0.3, -0.25) is 0 Å². The number of nitrogens with one attached hydrogen (secondary N) is 1. The van der Waals surface area contributed by atoms with Gasteiger partial charge in [-0.15, -0.1) is 0 Å². The van der Waals surface area contributed by atoms with Crippen molar-refractivity contribution in [3.63, 3.8) is 0 Å². The lowest BCUT2D eigenvalue weighted by atomic mass is 10.2. The molecule has 0 radical (unpaired) electrons. The van der Waals surface area contributed by atoms with Gasteiger partial charge in [0.15, 0.2) is 11.4 Å². The zero-order valence-corrected chi connectivity index (χ0v) is 14.8. The summed E-state index contributed by atoms with van der Waals surface area (Å²) in [4.78, 5) is 1.01. The number of ether oxygens (including phenoxy) is 2. The molecule has 0 saturated heterocycles. The zero-order chi connectivity index (χ0) is 16.9. The van der Waals surface area contributed by atoms with Gasteiger partial charge in [-0.1, -0.05) is 18.1 Å². The minimum Gasteiger partial charge on any atom is -0.496 e. The van der Waals surface area contributed by atoms with E-state index in [2.05, 4.69) is 28.9 Å². The molecule has 0 unspecified atom stereocenters. The fourth-order valence-electron chi connectivity index (χ4n) is 2.37. The van der Waals surface area contributed by atoms with E-state index in [9.17, 15) is 0 Å².